The molecular formula is C9H18INOS. The molecule has 0 spiro atoms. The van der Waals surface area contributed by atoms with Crippen LogP contribution in [0.25, 0.3) is 0 Å². The summed E-state index contributed by atoms with van der Waals surface area (Å²) in [5, 5.41) is -0.166. The van der Waals surface area contributed by atoms with Gasteiger partial charge in [0.05, 0.1) is 5.25 Å². The molecule has 0 bridgehead atoms. The molecule has 0 aliphatic carbocycles. The molecule has 0 aromatic heterocycles. The molecule has 0 aliphatic rings. The third-order valence-electron chi connectivity index (χ3n) is 1.72. The Bertz CT molecular complexity index is 153. The van der Waals surface area contributed by atoms with Gasteiger partial charge in [-0.05, 0) is 19.8 Å². The summed E-state index contributed by atoms with van der Waals surface area (Å²) in [7, 11) is 0. The molecule has 0 saturated heterocycles. The van der Waals surface area contributed by atoms with Gasteiger partial charge >= 0.3 is 0 Å². The van der Waals surface area contributed by atoms with Gasteiger partial charge in [-0.3, -0.25) is 4.79 Å². The number of hydrogen-bond acceptors (Lipinski definition) is 2. The Labute approximate surface area is 100.0 Å². The molecule has 0 aliphatic heterocycles. The van der Waals surface area contributed by atoms with Gasteiger partial charge in [-0.1, -0.05) is 29.5 Å². The minimum Gasteiger partial charge on any atom is -0.342 e. The lowest BCUT2D eigenvalue weighted by Crippen LogP contribution is -2.37. The first-order chi connectivity index (χ1) is 6.13. The van der Waals surface area contributed by atoms with Crippen molar-refractivity contribution < 1.29 is 4.79 Å². The first-order valence-electron chi connectivity index (χ1n) is 4.66. The molecule has 1 amide bonds. The van der Waals surface area contributed by atoms with Crippen LogP contribution in [0, 0.1) is 0 Å². The zero-order valence-corrected chi connectivity index (χ0v) is 11.3. The summed E-state index contributed by atoms with van der Waals surface area (Å²) in [5.41, 5.74) is 0. The van der Waals surface area contributed by atoms with Crippen molar-refractivity contribution in [3.8, 4) is 0 Å². The van der Waals surface area contributed by atoms with Crippen molar-refractivity contribution in [2.45, 2.75) is 31.9 Å². The molecule has 2 nitrogen and oxygen atoms in total. The predicted octanol–water partition coefficient (Wildman–Crippen LogP) is 2.37. The summed E-state index contributed by atoms with van der Waals surface area (Å²) in [4.78, 5) is 13.5. The molecule has 0 fully saturated rings. The number of nitrogens with zero attached hydrogens (tertiary/aromatic N) is 1. The average molecular weight is 315 g/mol. The van der Waals surface area contributed by atoms with Crippen LogP contribution in [-0.4, -0.2) is 33.6 Å². The molecule has 4 heteroatoms. The lowest BCUT2D eigenvalue weighted by molar-refractivity contribution is -0.130. The quantitative estimate of drug-likeness (QED) is 0.453. The maximum Gasteiger partial charge on any atom is 0.235 e. The smallest absolute Gasteiger partial charge is 0.235 e. The second-order valence-electron chi connectivity index (χ2n) is 3.04. The monoisotopic (exact) mass is 315 g/mol. The number of hydrogen-bond donors (Lipinski definition) is 1. The van der Waals surface area contributed by atoms with E-state index in [0.717, 1.165) is 30.4 Å². The molecule has 1 unspecified atom stereocenters. The first kappa shape index (κ1) is 13.5. The van der Waals surface area contributed by atoms with E-state index in [1.165, 1.54) is 0 Å². The summed E-state index contributed by atoms with van der Waals surface area (Å²) in [6, 6.07) is 0. The Balaban J connectivity index is 3.99. The second kappa shape index (κ2) is 7.91. The largest absolute Gasteiger partial charge is 0.342 e. The van der Waals surface area contributed by atoms with E-state index in [1.807, 2.05) is 11.8 Å². The van der Waals surface area contributed by atoms with Crippen LogP contribution in [0.5, 0.6) is 0 Å². The van der Waals surface area contributed by atoms with Crippen LogP contribution in [0.1, 0.15) is 26.7 Å². The zero-order chi connectivity index (χ0) is 10.3. The second-order valence-corrected chi connectivity index (χ2v) is 4.90. The molecular weight excluding hydrogens is 297 g/mol. The summed E-state index contributed by atoms with van der Waals surface area (Å²) < 4.78 is 1.10. The van der Waals surface area contributed by atoms with Gasteiger partial charge in [-0.2, -0.15) is 12.6 Å². The minimum absolute atomic E-state index is 0.162. The van der Waals surface area contributed by atoms with E-state index in [2.05, 4.69) is 42.1 Å². The topological polar surface area (TPSA) is 20.3 Å². The standard InChI is InChI=1S/C9H18INOS/c1-3-6-11(7-4-5-10)9(12)8(2)13/h8,13H,3-7H2,1-2H3. The summed E-state index contributed by atoms with van der Waals surface area (Å²) in [5.74, 6) is 0.162. The molecule has 1 atom stereocenters. The number of carbonyl (C=O) groups excluding carboxylic acids is 1. The molecule has 0 aromatic rings. The molecule has 0 heterocycles. The third-order valence-corrected chi connectivity index (χ3v) is 2.71. The summed E-state index contributed by atoms with van der Waals surface area (Å²) in [6.07, 6.45) is 2.10. The van der Waals surface area contributed by atoms with E-state index in [9.17, 15) is 4.79 Å². The van der Waals surface area contributed by atoms with Crippen molar-refractivity contribution in [3.05, 3.63) is 0 Å². The highest BCUT2D eigenvalue weighted by Crippen LogP contribution is 2.04. The van der Waals surface area contributed by atoms with Crippen LogP contribution in [0.2, 0.25) is 0 Å². The van der Waals surface area contributed by atoms with Gasteiger partial charge < -0.3 is 4.90 Å². The number of thiol groups is 1. The van der Waals surface area contributed by atoms with Gasteiger partial charge in [0.2, 0.25) is 5.91 Å². The molecule has 0 rings (SSSR count). The maximum absolute atomic E-state index is 11.6. The van der Waals surface area contributed by atoms with Gasteiger partial charge in [0.1, 0.15) is 0 Å². The number of rotatable bonds is 6. The van der Waals surface area contributed by atoms with Gasteiger partial charge in [0.15, 0.2) is 0 Å². The fourth-order valence-electron chi connectivity index (χ4n) is 1.12. The van der Waals surface area contributed by atoms with E-state index >= 15 is 0 Å². The van der Waals surface area contributed by atoms with E-state index in [-0.39, 0.29) is 11.2 Å². The highest BCUT2D eigenvalue weighted by Gasteiger charge is 2.15. The molecule has 0 saturated carbocycles. The van der Waals surface area contributed by atoms with Crippen LogP contribution in [0.4, 0.5) is 0 Å². The highest BCUT2D eigenvalue weighted by atomic mass is 127. The van der Waals surface area contributed by atoms with Crippen LogP contribution >= 0.6 is 35.2 Å². The molecule has 78 valence electrons. The minimum atomic E-state index is -0.166. The Morgan fingerprint density at radius 2 is 2.15 bits per heavy atom. The lowest BCUT2D eigenvalue weighted by atomic mass is 10.3. The van der Waals surface area contributed by atoms with Crippen molar-refractivity contribution in [2.75, 3.05) is 17.5 Å². The van der Waals surface area contributed by atoms with Crippen molar-refractivity contribution in [3.63, 3.8) is 0 Å². The molecule has 0 radical (unpaired) electrons. The Morgan fingerprint density at radius 1 is 1.54 bits per heavy atom. The van der Waals surface area contributed by atoms with Crippen molar-refractivity contribution in [1.82, 2.24) is 4.90 Å². The number of carbonyl (C=O) groups is 1. The van der Waals surface area contributed by atoms with Gasteiger partial charge in [-0.25, -0.2) is 0 Å². The van der Waals surface area contributed by atoms with E-state index < -0.39 is 0 Å². The van der Waals surface area contributed by atoms with Crippen LogP contribution < -0.4 is 0 Å². The summed E-state index contributed by atoms with van der Waals surface area (Å²) >= 11 is 6.49. The number of alkyl halides is 1. The van der Waals surface area contributed by atoms with E-state index in [4.69, 9.17) is 0 Å². The molecule has 0 aromatic carbocycles. The van der Waals surface area contributed by atoms with E-state index in [1.54, 1.807) is 0 Å². The fourth-order valence-corrected chi connectivity index (χ4v) is 1.62. The van der Waals surface area contributed by atoms with Gasteiger partial charge in [0.25, 0.3) is 0 Å². The Hall–Kier alpha value is 0.550. The van der Waals surface area contributed by atoms with Crippen molar-refractivity contribution in [2.24, 2.45) is 0 Å². The molecule has 13 heavy (non-hydrogen) atoms. The number of halogens is 1. The highest BCUT2D eigenvalue weighted by molar-refractivity contribution is 14.1. The van der Waals surface area contributed by atoms with Crippen LogP contribution in [0.3, 0.4) is 0 Å². The van der Waals surface area contributed by atoms with Crippen LogP contribution in [0.15, 0.2) is 0 Å². The van der Waals surface area contributed by atoms with Crippen molar-refractivity contribution >= 4 is 41.1 Å². The summed E-state index contributed by atoms with van der Waals surface area (Å²) in [6.45, 7) is 5.66. The number of amides is 1. The zero-order valence-electron chi connectivity index (χ0n) is 8.29. The van der Waals surface area contributed by atoms with Crippen LogP contribution in [-0.2, 0) is 4.79 Å². The first-order valence-corrected chi connectivity index (χ1v) is 6.70. The van der Waals surface area contributed by atoms with Gasteiger partial charge in [-0.15, -0.1) is 0 Å². The Kier molecular flexibility index (Phi) is 8.24. The van der Waals surface area contributed by atoms with Crippen molar-refractivity contribution in [1.29, 1.82) is 0 Å². The average Bonchev–Trinajstić information content (AvgIpc) is 2.11. The lowest BCUT2D eigenvalue weighted by Gasteiger charge is -2.23. The van der Waals surface area contributed by atoms with E-state index in [0.29, 0.717) is 0 Å². The SMILES string of the molecule is CCCN(CCCI)C(=O)C(C)S. The molecule has 0 N–H and O–H groups in total. The maximum atomic E-state index is 11.6. The Morgan fingerprint density at radius 3 is 2.54 bits per heavy atom. The fraction of sp³-hybridized carbons (Fsp3) is 0.889. The third kappa shape index (κ3) is 5.78. The predicted molar refractivity (Wildman–Crippen MR) is 68.8 cm³/mol. The normalized spacial score (nSPS) is 12.6. The van der Waals surface area contributed by atoms with Gasteiger partial charge in [0, 0.05) is 17.5 Å².